The summed E-state index contributed by atoms with van der Waals surface area (Å²) in [6.45, 7) is 3.07. The third kappa shape index (κ3) is 2.74. The molecule has 2 aliphatic heterocycles. The number of hydrogen-bond acceptors (Lipinski definition) is 5. The van der Waals surface area contributed by atoms with Crippen molar-refractivity contribution in [2.45, 2.75) is 50.7 Å². The number of carbonyl (C=O) groups is 1. The number of carboxylic acid groups (broad SMARTS) is 1. The molecule has 148 valence electrons. The Bertz CT molecular complexity index is 1030. The van der Waals surface area contributed by atoms with Gasteiger partial charge in [0.05, 0.1) is 22.8 Å². The molecule has 3 aliphatic rings. The van der Waals surface area contributed by atoms with Gasteiger partial charge in [-0.15, -0.1) is 0 Å². The Hall–Kier alpha value is -2.61. The number of pyridine rings is 1. The number of aryl methyl sites for hydroxylation is 1. The first-order chi connectivity index (χ1) is 13.4. The standard InChI is InChI=1S/C20H22FN3O4/c1-10-17-14(24(13-4-5-13)9-16(19(17)25)28-20(26)27)6-15(18(10)21)23-7-11-2-3-12(8-23)22-11/h6,9,11-13,22H,2-5,7-8H2,1H3,(H,26,27). The lowest BCUT2D eigenvalue weighted by Crippen LogP contribution is -2.51. The molecule has 2 unspecified atom stereocenters. The van der Waals surface area contributed by atoms with Gasteiger partial charge in [-0.05, 0) is 38.7 Å². The van der Waals surface area contributed by atoms with Crippen molar-refractivity contribution in [2.24, 2.45) is 0 Å². The molecule has 0 amide bonds. The molecule has 1 aromatic heterocycles. The zero-order chi connectivity index (χ0) is 19.6. The molecule has 0 radical (unpaired) electrons. The molecule has 28 heavy (non-hydrogen) atoms. The summed E-state index contributed by atoms with van der Waals surface area (Å²) in [6, 6.07) is 2.67. The van der Waals surface area contributed by atoms with Gasteiger partial charge in [-0.1, -0.05) is 0 Å². The minimum atomic E-state index is -1.55. The number of benzene rings is 1. The number of nitrogens with zero attached hydrogens (tertiary/aromatic N) is 2. The zero-order valence-corrected chi connectivity index (χ0v) is 15.6. The number of halogens is 1. The fraction of sp³-hybridized carbons (Fsp3) is 0.500. The van der Waals surface area contributed by atoms with E-state index < -0.39 is 17.4 Å². The number of ether oxygens (including phenoxy) is 1. The van der Waals surface area contributed by atoms with Crippen molar-refractivity contribution < 1.29 is 19.0 Å². The Labute approximate surface area is 160 Å². The first kappa shape index (κ1) is 17.5. The number of hydrogen-bond donors (Lipinski definition) is 2. The maximum atomic E-state index is 15.3. The molecule has 2 aromatic rings. The summed E-state index contributed by atoms with van der Waals surface area (Å²) < 4.78 is 21.9. The normalized spacial score (nSPS) is 24.0. The van der Waals surface area contributed by atoms with Crippen molar-refractivity contribution in [1.82, 2.24) is 9.88 Å². The summed E-state index contributed by atoms with van der Waals surface area (Å²) in [7, 11) is 0. The second-order valence-electron chi connectivity index (χ2n) is 8.10. The highest BCUT2D eigenvalue weighted by Crippen LogP contribution is 2.40. The predicted octanol–water partition coefficient (Wildman–Crippen LogP) is 2.78. The van der Waals surface area contributed by atoms with Crippen LogP contribution in [0.25, 0.3) is 10.9 Å². The van der Waals surface area contributed by atoms with Gasteiger partial charge in [-0.2, -0.15) is 0 Å². The number of fused-ring (bicyclic) bond motifs is 3. The molecular formula is C20H22FN3O4. The molecular weight excluding hydrogens is 365 g/mol. The van der Waals surface area contributed by atoms with E-state index in [0.29, 0.717) is 23.3 Å². The van der Waals surface area contributed by atoms with Gasteiger partial charge in [-0.25, -0.2) is 9.18 Å². The lowest BCUT2D eigenvalue weighted by atomic mass is 10.0. The van der Waals surface area contributed by atoms with Crippen molar-refractivity contribution in [3.63, 3.8) is 0 Å². The molecule has 3 fully saturated rings. The van der Waals surface area contributed by atoms with E-state index in [-0.39, 0.29) is 22.7 Å². The third-order valence-electron chi connectivity index (χ3n) is 6.14. The summed E-state index contributed by atoms with van der Waals surface area (Å²) in [4.78, 5) is 25.9. The van der Waals surface area contributed by atoms with E-state index in [4.69, 9.17) is 9.84 Å². The van der Waals surface area contributed by atoms with Gasteiger partial charge in [0.2, 0.25) is 5.43 Å². The van der Waals surface area contributed by atoms with E-state index in [2.05, 4.69) is 10.2 Å². The Morgan fingerprint density at radius 3 is 2.54 bits per heavy atom. The van der Waals surface area contributed by atoms with E-state index in [1.807, 2.05) is 4.57 Å². The first-order valence-corrected chi connectivity index (χ1v) is 9.72. The van der Waals surface area contributed by atoms with Crippen molar-refractivity contribution in [1.29, 1.82) is 0 Å². The topological polar surface area (TPSA) is 83.8 Å². The minimum Gasteiger partial charge on any atom is -0.449 e. The van der Waals surface area contributed by atoms with Crippen LogP contribution in [0, 0.1) is 12.7 Å². The van der Waals surface area contributed by atoms with Gasteiger partial charge < -0.3 is 24.6 Å². The summed E-state index contributed by atoms with van der Waals surface area (Å²) in [6.07, 6.45) is 3.97. The predicted molar refractivity (Wildman–Crippen MR) is 102 cm³/mol. The SMILES string of the molecule is Cc1c(F)c(N2CC3CCC(C2)N3)cc2c1c(=O)c(OC(=O)O)cn2C1CC1. The maximum absolute atomic E-state index is 15.3. The van der Waals surface area contributed by atoms with Crippen molar-refractivity contribution in [3.05, 3.63) is 33.9 Å². The molecule has 2 N–H and O–H groups in total. The summed E-state index contributed by atoms with van der Waals surface area (Å²) in [5.74, 6) is -0.692. The van der Waals surface area contributed by atoms with Crippen molar-refractivity contribution in [2.75, 3.05) is 18.0 Å². The lowest BCUT2D eigenvalue weighted by Gasteiger charge is -2.35. The molecule has 2 saturated heterocycles. The van der Waals surface area contributed by atoms with Crippen LogP contribution in [-0.2, 0) is 0 Å². The van der Waals surface area contributed by atoms with Crippen LogP contribution < -0.4 is 20.4 Å². The average Bonchev–Trinajstić information content (AvgIpc) is 3.44. The van der Waals surface area contributed by atoms with Crippen LogP contribution in [0.1, 0.15) is 37.3 Å². The average molecular weight is 387 g/mol. The van der Waals surface area contributed by atoms with Crippen LogP contribution in [0.5, 0.6) is 5.75 Å². The van der Waals surface area contributed by atoms with Gasteiger partial charge in [0, 0.05) is 36.8 Å². The second kappa shape index (κ2) is 6.20. The van der Waals surface area contributed by atoms with E-state index >= 15 is 4.39 Å². The van der Waals surface area contributed by atoms with Gasteiger partial charge in [0.1, 0.15) is 5.82 Å². The smallest absolute Gasteiger partial charge is 0.449 e. The first-order valence-electron chi connectivity index (χ1n) is 9.72. The summed E-state index contributed by atoms with van der Waals surface area (Å²) in [5.41, 5.74) is 0.820. The lowest BCUT2D eigenvalue weighted by molar-refractivity contribution is 0.143. The van der Waals surface area contributed by atoms with Gasteiger partial charge >= 0.3 is 6.16 Å². The summed E-state index contributed by atoms with van der Waals surface area (Å²) in [5, 5.41) is 12.7. The largest absolute Gasteiger partial charge is 0.511 e. The maximum Gasteiger partial charge on any atom is 0.511 e. The summed E-state index contributed by atoms with van der Waals surface area (Å²) >= 11 is 0. The highest BCUT2D eigenvalue weighted by atomic mass is 19.1. The van der Waals surface area contributed by atoms with Crippen LogP contribution in [0.4, 0.5) is 14.9 Å². The molecule has 7 nitrogen and oxygen atoms in total. The Morgan fingerprint density at radius 1 is 1.25 bits per heavy atom. The molecule has 3 heterocycles. The molecule has 2 atom stereocenters. The fourth-order valence-corrected chi connectivity index (χ4v) is 4.67. The second-order valence-corrected chi connectivity index (χ2v) is 8.10. The van der Waals surface area contributed by atoms with E-state index in [1.54, 1.807) is 13.0 Å². The molecule has 8 heteroatoms. The van der Waals surface area contributed by atoms with Crippen LogP contribution in [0.2, 0.25) is 0 Å². The highest BCUT2D eigenvalue weighted by molar-refractivity contribution is 5.88. The molecule has 5 rings (SSSR count). The Morgan fingerprint density at radius 2 is 1.93 bits per heavy atom. The fourth-order valence-electron chi connectivity index (χ4n) is 4.67. The van der Waals surface area contributed by atoms with Gasteiger partial charge in [-0.3, -0.25) is 4.79 Å². The van der Waals surface area contributed by atoms with Crippen molar-refractivity contribution in [3.8, 4) is 5.75 Å². The molecule has 1 aromatic carbocycles. The van der Waals surface area contributed by atoms with Crippen LogP contribution in [-0.4, -0.2) is 41.0 Å². The zero-order valence-electron chi connectivity index (χ0n) is 15.6. The quantitative estimate of drug-likeness (QED) is 0.788. The monoisotopic (exact) mass is 387 g/mol. The van der Waals surface area contributed by atoms with Crippen LogP contribution in [0.3, 0.4) is 0 Å². The van der Waals surface area contributed by atoms with Crippen molar-refractivity contribution >= 4 is 22.7 Å². The number of piperazine rings is 1. The number of rotatable bonds is 3. The highest BCUT2D eigenvalue weighted by Gasteiger charge is 2.34. The van der Waals surface area contributed by atoms with Gasteiger partial charge in [0.25, 0.3) is 0 Å². The Kier molecular flexibility index (Phi) is 3.87. The molecule has 0 spiro atoms. The van der Waals surface area contributed by atoms with Crippen LogP contribution >= 0.6 is 0 Å². The number of anilines is 1. The van der Waals surface area contributed by atoms with Crippen LogP contribution in [0.15, 0.2) is 17.1 Å². The Balaban J connectivity index is 1.70. The van der Waals surface area contributed by atoms with E-state index in [0.717, 1.165) is 38.8 Å². The van der Waals surface area contributed by atoms with E-state index in [9.17, 15) is 9.59 Å². The molecule has 1 saturated carbocycles. The number of aromatic nitrogens is 1. The third-order valence-corrected chi connectivity index (χ3v) is 6.14. The minimum absolute atomic E-state index is 0.177. The van der Waals surface area contributed by atoms with Gasteiger partial charge in [0.15, 0.2) is 5.75 Å². The molecule has 1 aliphatic carbocycles. The number of nitrogens with one attached hydrogen (secondary N) is 1. The molecule has 2 bridgehead atoms. The van der Waals surface area contributed by atoms with E-state index in [1.165, 1.54) is 6.20 Å².